The van der Waals surface area contributed by atoms with Crippen LogP contribution >= 0.6 is 0 Å². The number of benzene rings is 1. The predicted molar refractivity (Wildman–Crippen MR) is 71.6 cm³/mol. The summed E-state index contributed by atoms with van der Waals surface area (Å²) in [4.78, 5) is 14.4. The van der Waals surface area contributed by atoms with Crippen molar-refractivity contribution in [3.05, 3.63) is 35.6 Å². The normalized spacial score (nSPS) is 17.3. The number of ketones is 1. The van der Waals surface area contributed by atoms with Crippen LogP contribution < -0.4 is 0 Å². The van der Waals surface area contributed by atoms with Crippen LogP contribution in [0.25, 0.3) is 0 Å². The van der Waals surface area contributed by atoms with Gasteiger partial charge in [-0.1, -0.05) is 6.42 Å². The fourth-order valence-electron chi connectivity index (χ4n) is 2.53. The van der Waals surface area contributed by atoms with Gasteiger partial charge in [0, 0.05) is 18.2 Å². The Morgan fingerprint density at radius 3 is 2.53 bits per heavy atom. The van der Waals surface area contributed by atoms with E-state index in [0.29, 0.717) is 18.2 Å². The van der Waals surface area contributed by atoms with Gasteiger partial charge in [-0.25, -0.2) is 4.39 Å². The summed E-state index contributed by atoms with van der Waals surface area (Å²) >= 11 is 0. The molecule has 1 saturated carbocycles. The molecule has 1 N–H and O–H groups in total. The Balaban J connectivity index is 2.09. The average Bonchev–Trinajstić information content (AvgIpc) is 2.35. The molecule has 0 amide bonds. The van der Waals surface area contributed by atoms with E-state index in [4.69, 9.17) is 5.11 Å². The lowest BCUT2D eigenvalue weighted by atomic mass is 9.89. The van der Waals surface area contributed by atoms with E-state index in [0.717, 1.165) is 12.8 Å². The molecule has 104 valence electrons. The summed E-state index contributed by atoms with van der Waals surface area (Å²) in [5.74, 6) is -0.351. The molecule has 3 nitrogen and oxygen atoms in total. The molecule has 1 aromatic carbocycles. The van der Waals surface area contributed by atoms with Crippen molar-refractivity contribution < 1.29 is 14.3 Å². The van der Waals surface area contributed by atoms with Crippen LogP contribution in [0.2, 0.25) is 0 Å². The third kappa shape index (κ3) is 3.19. The molecule has 19 heavy (non-hydrogen) atoms. The molecule has 1 aromatic rings. The summed E-state index contributed by atoms with van der Waals surface area (Å²) in [7, 11) is 0. The van der Waals surface area contributed by atoms with Gasteiger partial charge >= 0.3 is 0 Å². The largest absolute Gasteiger partial charge is 0.395 e. The van der Waals surface area contributed by atoms with E-state index in [1.54, 1.807) is 0 Å². The summed E-state index contributed by atoms with van der Waals surface area (Å²) in [5, 5.41) is 9.14. The maximum Gasteiger partial charge on any atom is 0.179 e. The second-order valence-corrected chi connectivity index (χ2v) is 5.09. The first-order valence-corrected chi connectivity index (χ1v) is 6.80. The van der Waals surface area contributed by atoms with Crippen LogP contribution in [0.5, 0.6) is 0 Å². The van der Waals surface area contributed by atoms with Crippen molar-refractivity contribution in [2.75, 3.05) is 13.2 Å². The van der Waals surface area contributed by atoms with E-state index < -0.39 is 0 Å². The lowest BCUT2D eigenvalue weighted by molar-refractivity contribution is 0.0528. The van der Waals surface area contributed by atoms with Gasteiger partial charge in [-0.3, -0.25) is 9.69 Å². The number of nitrogens with zero attached hydrogens (tertiary/aromatic N) is 1. The Hall–Kier alpha value is -1.26. The number of carbonyl (C=O) groups excluding carboxylic acids is 1. The highest BCUT2D eigenvalue weighted by Crippen LogP contribution is 2.27. The van der Waals surface area contributed by atoms with Crippen LogP contribution in [0, 0.1) is 5.82 Å². The van der Waals surface area contributed by atoms with Crippen molar-refractivity contribution in [2.45, 2.75) is 38.3 Å². The van der Waals surface area contributed by atoms with Crippen LogP contribution in [0.1, 0.15) is 36.5 Å². The number of aliphatic hydroxyl groups excluding tert-OH is 1. The minimum Gasteiger partial charge on any atom is -0.395 e. The van der Waals surface area contributed by atoms with Crippen molar-refractivity contribution in [3.63, 3.8) is 0 Å². The maximum absolute atomic E-state index is 12.9. The first-order chi connectivity index (χ1) is 9.13. The van der Waals surface area contributed by atoms with E-state index in [-0.39, 0.29) is 24.2 Å². The summed E-state index contributed by atoms with van der Waals surface area (Å²) in [6.07, 6.45) is 3.35. The van der Waals surface area contributed by atoms with Gasteiger partial charge < -0.3 is 5.11 Å². The van der Waals surface area contributed by atoms with Crippen molar-refractivity contribution in [1.29, 1.82) is 0 Å². The topological polar surface area (TPSA) is 40.5 Å². The molecule has 0 heterocycles. The van der Waals surface area contributed by atoms with Crippen LogP contribution in [0.4, 0.5) is 4.39 Å². The molecule has 1 aliphatic carbocycles. The number of carbonyl (C=O) groups is 1. The summed E-state index contributed by atoms with van der Waals surface area (Å²) < 4.78 is 12.9. The third-order valence-corrected chi connectivity index (χ3v) is 3.91. The smallest absolute Gasteiger partial charge is 0.179 e. The highest BCUT2D eigenvalue weighted by Gasteiger charge is 2.31. The number of hydrogen-bond acceptors (Lipinski definition) is 3. The Kier molecular flexibility index (Phi) is 4.66. The number of Topliss-reactive ketones (excluding diaryl/α,β-unsaturated/α-hetero) is 1. The molecular weight excluding hydrogens is 245 g/mol. The molecule has 1 fully saturated rings. The molecule has 0 aromatic heterocycles. The van der Waals surface area contributed by atoms with Gasteiger partial charge in [-0.2, -0.15) is 0 Å². The van der Waals surface area contributed by atoms with Crippen LogP contribution in [-0.2, 0) is 0 Å². The Morgan fingerprint density at radius 2 is 2.05 bits per heavy atom. The quantitative estimate of drug-likeness (QED) is 0.802. The Morgan fingerprint density at radius 1 is 1.42 bits per heavy atom. The molecule has 1 atom stereocenters. The van der Waals surface area contributed by atoms with Crippen LogP contribution in [0.15, 0.2) is 24.3 Å². The fraction of sp³-hybridized carbons (Fsp3) is 0.533. The molecule has 1 unspecified atom stereocenters. The lowest BCUT2D eigenvalue weighted by Gasteiger charge is -2.40. The van der Waals surface area contributed by atoms with E-state index in [1.165, 1.54) is 30.7 Å². The van der Waals surface area contributed by atoms with Gasteiger partial charge in [0.05, 0.1) is 12.6 Å². The summed E-state index contributed by atoms with van der Waals surface area (Å²) in [6, 6.07) is 5.77. The molecule has 2 rings (SSSR count). The lowest BCUT2D eigenvalue weighted by Crippen LogP contribution is -2.49. The SMILES string of the molecule is CC(C(=O)c1ccc(F)cc1)N(CCO)C1CCC1. The zero-order valence-corrected chi connectivity index (χ0v) is 11.2. The summed E-state index contributed by atoms with van der Waals surface area (Å²) in [6.45, 7) is 2.43. The minimum atomic E-state index is -0.338. The standard InChI is InChI=1S/C15H20FNO2/c1-11(17(9-10-18)14-3-2-4-14)15(19)12-5-7-13(16)8-6-12/h5-8,11,14,18H,2-4,9-10H2,1H3. The van der Waals surface area contributed by atoms with Gasteiger partial charge in [0.15, 0.2) is 5.78 Å². The zero-order valence-electron chi connectivity index (χ0n) is 11.2. The number of rotatable bonds is 6. The number of halogens is 1. The predicted octanol–water partition coefficient (Wildman–Crippen LogP) is 2.24. The van der Waals surface area contributed by atoms with Gasteiger partial charge in [-0.05, 0) is 44.0 Å². The van der Waals surface area contributed by atoms with E-state index in [1.807, 2.05) is 6.92 Å². The monoisotopic (exact) mass is 265 g/mol. The van der Waals surface area contributed by atoms with Gasteiger partial charge in [0.2, 0.25) is 0 Å². The van der Waals surface area contributed by atoms with Crippen LogP contribution in [-0.4, -0.2) is 41.0 Å². The van der Waals surface area contributed by atoms with E-state index in [2.05, 4.69) is 4.90 Å². The molecule has 0 spiro atoms. The zero-order chi connectivity index (χ0) is 13.8. The first-order valence-electron chi connectivity index (χ1n) is 6.80. The van der Waals surface area contributed by atoms with E-state index in [9.17, 15) is 9.18 Å². The molecule has 0 radical (unpaired) electrons. The second kappa shape index (κ2) is 6.26. The molecule has 4 heteroatoms. The van der Waals surface area contributed by atoms with Crippen molar-refractivity contribution in [1.82, 2.24) is 4.90 Å². The molecule has 1 aliphatic rings. The molecule has 0 aliphatic heterocycles. The summed E-state index contributed by atoms with van der Waals surface area (Å²) in [5.41, 5.74) is 0.524. The van der Waals surface area contributed by atoms with Crippen molar-refractivity contribution >= 4 is 5.78 Å². The van der Waals surface area contributed by atoms with Gasteiger partial charge in [0.1, 0.15) is 5.82 Å². The Labute approximate surface area is 113 Å². The van der Waals surface area contributed by atoms with Gasteiger partial charge in [0.25, 0.3) is 0 Å². The highest BCUT2D eigenvalue weighted by molar-refractivity contribution is 5.99. The second-order valence-electron chi connectivity index (χ2n) is 5.09. The Bertz CT molecular complexity index is 428. The maximum atomic E-state index is 12.9. The number of aliphatic hydroxyl groups is 1. The van der Waals surface area contributed by atoms with Crippen molar-refractivity contribution in [2.24, 2.45) is 0 Å². The fourth-order valence-corrected chi connectivity index (χ4v) is 2.53. The van der Waals surface area contributed by atoms with Crippen LogP contribution in [0.3, 0.4) is 0 Å². The number of hydrogen-bond donors (Lipinski definition) is 1. The molecule has 0 bridgehead atoms. The van der Waals surface area contributed by atoms with E-state index >= 15 is 0 Å². The molecular formula is C15H20FNO2. The minimum absolute atomic E-state index is 0.0136. The van der Waals surface area contributed by atoms with Crippen molar-refractivity contribution in [3.8, 4) is 0 Å². The first kappa shape index (κ1) is 14.2. The third-order valence-electron chi connectivity index (χ3n) is 3.91. The average molecular weight is 265 g/mol. The van der Waals surface area contributed by atoms with Gasteiger partial charge in [-0.15, -0.1) is 0 Å². The molecule has 0 saturated heterocycles. The highest BCUT2D eigenvalue weighted by atomic mass is 19.1.